The molecular weight excluding hydrogens is 366 g/mol. The van der Waals surface area contributed by atoms with Crippen LogP contribution in [-0.2, 0) is 17.9 Å². The number of rotatable bonds is 3. The van der Waals surface area contributed by atoms with Crippen molar-refractivity contribution in [1.82, 2.24) is 19.9 Å². The summed E-state index contributed by atoms with van der Waals surface area (Å²) in [4.78, 5) is 2.31. The van der Waals surface area contributed by atoms with Gasteiger partial charge >= 0.3 is 0 Å². The van der Waals surface area contributed by atoms with Crippen LogP contribution in [-0.4, -0.2) is 39.1 Å². The lowest BCUT2D eigenvalue weighted by Crippen LogP contribution is -2.32. The van der Waals surface area contributed by atoms with E-state index in [1.54, 1.807) is 0 Å². The van der Waals surface area contributed by atoms with Gasteiger partial charge in [0.1, 0.15) is 28.8 Å². The second-order valence-electron chi connectivity index (χ2n) is 7.50. The zero-order valence-electron chi connectivity index (χ0n) is 15.7. The van der Waals surface area contributed by atoms with E-state index in [-0.39, 0.29) is 17.7 Å². The van der Waals surface area contributed by atoms with Gasteiger partial charge in [0.2, 0.25) is 0 Å². The molecule has 6 nitrogen and oxygen atoms in total. The van der Waals surface area contributed by atoms with Crippen molar-refractivity contribution in [3.63, 3.8) is 0 Å². The number of hydrogen-bond acceptors (Lipinski definition) is 5. The summed E-state index contributed by atoms with van der Waals surface area (Å²) in [7, 11) is 0. The van der Waals surface area contributed by atoms with Crippen LogP contribution < -0.4 is 0 Å². The van der Waals surface area contributed by atoms with E-state index in [9.17, 15) is 8.78 Å². The number of halogens is 2. The van der Waals surface area contributed by atoms with Gasteiger partial charge in [-0.1, -0.05) is 5.21 Å². The SMILES string of the molecule is Cc1cc(CN2CC3[C@H](C2)OCc2c(-c4ccc(F)cc4F)nnn23)c(C)o1. The number of benzene rings is 1. The van der Waals surface area contributed by atoms with Crippen LogP contribution in [0.25, 0.3) is 11.3 Å². The van der Waals surface area contributed by atoms with Gasteiger partial charge in [-0.05, 0) is 32.0 Å². The number of hydrogen-bond donors (Lipinski definition) is 0. The highest BCUT2D eigenvalue weighted by atomic mass is 19.1. The Morgan fingerprint density at radius 3 is 2.79 bits per heavy atom. The molecule has 2 aliphatic heterocycles. The van der Waals surface area contributed by atoms with Gasteiger partial charge in [-0.15, -0.1) is 5.10 Å². The molecule has 1 aromatic carbocycles. The zero-order valence-corrected chi connectivity index (χ0v) is 15.7. The number of aryl methyl sites for hydroxylation is 2. The maximum Gasteiger partial charge on any atom is 0.135 e. The number of ether oxygens (including phenoxy) is 1. The predicted molar refractivity (Wildman–Crippen MR) is 96.4 cm³/mol. The lowest BCUT2D eigenvalue weighted by molar-refractivity contribution is -0.00495. The summed E-state index contributed by atoms with van der Waals surface area (Å²) < 4.78 is 41.0. The molecule has 8 heteroatoms. The molecule has 2 atom stereocenters. The van der Waals surface area contributed by atoms with E-state index < -0.39 is 11.6 Å². The molecule has 0 saturated carbocycles. The summed E-state index contributed by atoms with van der Waals surface area (Å²) in [6.45, 7) is 6.55. The highest BCUT2D eigenvalue weighted by Crippen LogP contribution is 2.35. The minimum atomic E-state index is -0.649. The standard InChI is InChI=1S/C20H20F2N4O2/c1-11-5-13(12(2)28-11)7-25-8-17-19(9-25)27-10-18-20(23-24-26(17)18)15-4-3-14(21)6-16(15)22/h3-6,17,19H,7-10H2,1-2H3/t17?,19-/m0/s1. The Hall–Kier alpha value is -2.58. The molecule has 0 radical (unpaired) electrons. The first-order valence-electron chi connectivity index (χ1n) is 9.29. The van der Waals surface area contributed by atoms with Crippen LogP contribution in [0, 0.1) is 25.5 Å². The summed E-state index contributed by atoms with van der Waals surface area (Å²) in [6, 6.07) is 5.56. The van der Waals surface area contributed by atoms with Gasteiger partial charge in [-0.25, -0.2) is 13.5 Å². The molecule has 0 amide bonds. The van der Waals surface area contributed by atoms with Gasteiger partial charge in [-0.2, -0.15) is 0 Å². The molecule has 4 heterocycles. The average molecular weight is 386 g/mol. The number of aromatic nitrogens is 3. The minimum absolute atomic E-state index is 0.00780. The first-order chi connectivity index (χ1) is 13.5. The third-order valence-corrected chi connectivity index (χ3v) is 5.58. The number of nitrogens with zero attached hydrogens (tertiary/aromatic N) is 4. The van der Waals surface area contributed by atoms with E-state index in [0.717, 1.165) is 42.9 Å². The summed E-state index contributed by atoms with van der Waals surface area (Å²) >= 11 is 0. The van der Waals surface area contributed by atoms with E-state index in [4.69, 9.17) is 9.15 Å². The fourth-order valence-electron chi connectivity index (χ4n) is 4.23. The van der Waals surface area contributed by atoms with Crippen molar-refractivity contribution in [3.05, 3.63) is 58.7 Å². The number of fused-ring (bicyclic) bond motifs is 3. The molecule has 5 rings (SSSR count). The maximum absolute atomic E-state index is 14.2. The smallest absolute Gasteiger partial charge is 0.135 e. The Balaban J connectivity index is 1.41. The van der Waals surface area contributed by atoms with Gasteiger partial charge in [0.05, 0.1) is 24.4 Å². The fraction of sp³-hybridized carbons (Fsp3) is 0.400. The quantitative estimate of drug-likeness (QED) is 0.691. The second kappa shape index (κ2) is 6.49. The van der Waals surface area contributed by atoms with Crippen LogP contribution in [0.1, 0.15) is 28.8 Å². The Bertz CT molecular complexity index is 1050. The summed E-state index contributed by atoms with van der Waals surface area (Å²) in [6.07, 6.45) is 0.00780. The molecule has 0 spiro atoms. The number of likely N-dealkylation sites (tertiary alicyclic amines) is 1. The monoisotopic (exact) mass is 386 g/mol. The van der Waals surface area contributed by atoms with Crippen molar-refractivity contribution in [2.75, 3.05) is 13.1 Å². The molecule has 1 fully saturated rings. The zero-order chi connectivity index (χ0) is 19.4. The normalized spacial score (nSPS) is 21.7. The first kappa shape index (κ1) is 17.5. The van der Waals surface area contributed by atoms with Gasteiger partial charge in [0.25, 0.3) is 0 Å². The lowest BCUT2D eigenvalue weighted by Gasteiger charge is -2.26. The highest BCUT2D eigenvalue weighted by Gasteiger charge is 2.41. The van der Waals surface area contributed by atoms with Crippen molar-refractivity contribution in [2.24, 2.45) is 0 Å². The van der Waals surface area contributed by atoms with Crippen LogP contribution in [0.2, 0.25) is 0 Å². The van der Waals surface area contributed by atoms with Crippen molar-refractivity contribution >= 4 is 0 Å². The summed E-state index contributed by atoms with van der Waals surface area (Å²) in [5.41, 5.74) is 2.55. The van der Waals surface area contributed by atoms with Crippen LogP contribution in [0.4, 0.5) is 8.78 Å². The molecule has 1 unspecified atom stereocenters. The Kier molecular flexibility index (Phi) is 4.06. The Labute approximate surface area is 160 Å². The van der Waals surface area contributed by atoms with Gasteiger partial charge in [-0.3, -0.25) is 4.90 Å². The summed E-state index contributed by atoms with van der Waals surface area (Å²) in [5.74, 6) is 0.577. The van der Waals surface area contributed by atoms with Crippen LogP contribution >= 0.6 is 0 Å². The molecule has 3 aromatic rings. The molecule has 0 aliphatic carbocycles. The van der Waals surface area contributed by atoms with Crippen molar-refractivity contribution < 1.29 is 17.9 Å². The van der Waals surface area contributed by atoms with Crippen molar-refractivity contribution in [2.45, 2.75) is 39.1 Å². The van der Waals surface area contributed by atoms with Crippen molar-refractivity contribution in [3.8, 4) is 11.3 Å². The highest BCUT2D eigenvalue weighted by molar-refractivity contribution is 5.62. The first-order valence-corrected chi connectivity index (χ1v) is 9.29. The molecule has 1 saturated heterocycles. The second-order valence-corrected chi connectivity index (χ2v) is 7.50. The van der Waals surface area contributed by atoms with Crippen LogP contribution in [0.5, 0.6) is 0 Å². The van der Waals surface area contributed by atoms with E-state index in [0.29, 0.717) is 12.3 Å². The third kappa shape index (κ3) is 2.84. The lowest BCUT2D eigenvalue weighted by atomic mass is 10.1. The third-order valence-electron chi connectivity index (χ3n) is 5.58. The van der Waals surface area contributed by atoms with Crippen molar-refractivity contribution in [1.29, 1.82) is 0 Å². The largest absolute Gasteiger partial charge is 0.466 e. The molecule has 0 bridgehead atoms. The number of furan rings is 1. The topological polar surface area (TPSA) is 56.3 Å². The average Bonchev–Trinajstić information content (AvgIpc) is 3.31. The molecule has 0 N–H and O–H groups in total. The molecule has 28 heavy (non-hydrogen) atoms. The van der Waals surface area contributed by atoms with E-state index >= 15 is 0 Å². The minimum Gasteiger partial charge on any atom is -0.466 e. The van der Waals surface area contributed by atoms with Crippen LogP contribution in [0.15, 0.2) is 28.7 Å². The Morgan fingerprint density at radius 1 is 1.18 bits per heavy atom. The molecule has 146 valence electrons. The maximum atomic E-state index is 14.2. The van der Waals surface area contributed by atoms with Gasteiger partial charge < -0.3 is 9.15 Å². The molecule has 2 aromatic heterocycles. The summed E-state index contributed by atoms with van der Waals surface area (Å²) in [5, 5.41) is 8.47. The van der Waals surface area contributed by atoms with E-state index in [2.05, 4.69) is 21.3 Å². The van der Waals surface area contributed by atoms with Crippen LogP contribution in [0.3, 0.4) is 0 Å². The fourth-order valence-corrected chi connectivity index (χ4v) is 4.23. The molecular formula is C20H20F2N4O2. The van der Waals surface area contributed by atoms with E-state index in [1.165, 1.54) is 17.7 Å². The van der Waals surface area contributed by atoms with Gasteiger partial charge in [0.15, 0.2) is 0 Å². The predicted octanol–water partition coefficient (Wildman–Crippen LogP) is 3.39. The Morgan fingerprint density at radius 2 is 2.04 bits per heavy atom. The van der Waals surface area contributed by atoms with Gasteiger partial charge in [0, 0.05) is 36.8 Å². The van der Waals surface area contributed by atoms with E-state index in [1.807, 2.05) is 18.5 Å². The molecule has 2 aliphatic rings.